The van der Waals surface area contributed by atoms with Crippen molar-refractivity contribution in [2.75, 3.05) is 31.1 Å². The molecule has 6 nitrogen and oxygen atoms in total. The lowest BCUT2D eigenvalue weighted by atomic mass is 10.0. The summed E-state index contributed by atoms with van der Waals surface area (Å²) in [6, 6.07) is 9.71. The van der Waals surface area contributed by atoms with Crippen molar-refractivity contribution in [1.29, 1.82) is 0 Å². The average Bonchev–Trinajstić information content (AvgIpc) is 3.08. The summed E-state index contributed by atoms with van der Waals surface area (Å²) in [4.78, 5) is 22.0. The van der Waals surface area contributed by atoms with E-state index >= 15 is 0 Å². The van der Waals surface area contributed by atoms with Crippen LogP contribution in [0.5, 0.6) is 0 Å². The van der Waals surface area contributed by atoms with Crippen molar-refractivity contribution in [3.8, 4) is 0 Å². The Balaban J connectivity index is 1.57. The number of rotatable bonds is 3. The molecule has 1 aliphatic rings. The highest BCUT2D eigenvalue weighted by Gasteiger charge is 2.26. The van der Waals surface area contributed by atoms with Crippen LogP contribution in [0.4, 0.5) is 5.69 Å². The van der Waals surface area contributed by atoms with E-state index in [-0.39, 0.29) is 11.8 Å². The van der Waals surface area contributed by atoms with Gasteiger partial charge in [-0.1, -0.05) is 30.6 Å². The van der Waals surface area contributed by atoms with Gasteiger partial charge in [0.15, 0.2) is 0 Å². The fraction of sp³-hybridized carbons (Fsp3) is 0.381. The number of pyridine rings is 1. The van der Waals surface area contributed by atoms with E-state index in [9.17, 15) is 4.79 Å². The fourth-order valence-corrected chi connectivity index (χ4v) is 3.69. The number of carbonyl (C=O) groups is 1. The fourth-order valence-electron chi connectivity index (χ4n) is 3.57. The molecule has 0 bridgehead atoms. The predicted octanol–water partition coefficient (Wildman–Crippen LogP) is 4.27. The zero-order chi connectivity index (χ0) is 19.8. The molecule has 0 unspecified atom stereocenters. The third kappa shape index (κ3) is 3.44. The number of aromatic nitrogens is 2. The van der Waals surface area contributed by atoms with E-state index < -0.39 is 0 Å². The summed E-state index contributed by atoms with van der Waals surface area (Å²) in [6.07, 6.45) is 0. The van der Waals surface area contributed by atoms with E-state index in [2.05, 4.69) is 28.9 Å². The van der Waals surface area contributed by atoms with Crippen LogP contribution >= 0.6 is 11.6 Å². The van der Waals surface area contributed by atoms with Gasteiger partial charge in [-0.3, -0.25) is 4.79 Å². The number of nitrogens with zero attached hydrogens (tertiary/aromatic N) is 4. The summed E-state index contributed by atoms with van der Waals surface area (Å²) >= 11 is 5.98. The van der Waals surface area contributed by atoms with Gasteiger partial charge in [-0.2, -0.15) is 0 Å². The molecule has 4 rings (SSSR count). The SMILES string of the molecule is Cc1noc2nc(C(C)C)cc(C(=O)N3CCN(c4ccc(Cl)cc4)CC3)c12. The van der Waals surface area contributed by atoms with Crippen LogP contribution in [0, 0.1) is 6.92 Å². The standard InChI is InChI=1S/C21H23ClN4O2/c1-13(2)18-12-17(19-14(3)24-28-20(19)23-18)21(27)26-10-8-25(9-11-26)16-6-4-15(22)5-7-16/h4-7,12-13H,8-11H2,1-3H3. The highest BCUT2D eigenvalue weighted by atomic mass is 35.5. The highest BCUT2D eigenvalue weighted by molar-refractivity contribution is 6.30. The van der Waals surface area contributed by atoms with Gasteiger partial charge in [-0.15, -0.1) is 0 Å². The van der Waals surface area contributed by atoms with E-state index in [1.165, 1.54) is 0 Å². The molecule has 1 amide bonds. The van der Waals surface area contributed by atoms with Gasteiger partial charge in [0.05, 0.1) is 16.6 Å². The topological polar surface area (TPSA) is 62.5 Å². The predicted molar refractivity (Wildman–Crippen MR) is 110 cm³/mol. The van der Waals surface area contributed by atoms with Crippen LogP contribution in [0.1, 0.15) is 41.5 Å². The second-order valence-corrected chi connectivity index (χ2v) is 7.89. The molecule has 3 heterocycles. The van der Waals surface area contributed by atoms with Gasteiger partial charge < -0.3 is 14.3 Å². The van der Waals surface area contributed by atoms with Crippen molar-refractivity contribution >= 4 is 34.3 Å². The summed E-state index contributed by atoms with van der Waals surface area (Å²) in [6.45, 7) is 8.83. The van der Waals surface area contributed by atoms with Crippen LogP contribution < -0.4 is 4.90 Å². The number of aryl methyl sites for hydroxylation is 1. The molecule has 1 aliphatic heterocycles. The Morgan fingerprint density at radius 2 is 1.82 bits per heavy atom. The average molecular weight is 399 g/mol. The van der Waals surface area contributed by atoms with Crippen molar-refractivity contribution in [3.05, 3.63) is 52.3 Å². The summed E-state index contributed by atoms with van der Waals surface area (Å²) in [5.41, 5.74) is 3.73. The van der Waals surface area contributed by atoms with E-state index in [4.69, 9.17) is 16.1 Å². The number of piperazine rings is 1. The van der Waals surface area contributed by atoms with Crippen molar-refractivity contribution in [1.82, 2.24) is 15.0 Å². The summed E-state index contributed by atoms with van der Waals surface area (Å²) in [5, 5.41) is 5.46. The van der Waals surface area contributed by atoms with E-state index in [1.54, 1.807) is 0 Å². The first-order chi connectivity index (χ1) is 13.4. The van der Waals surface area contributed by atoms with Gasteiger partial charge in [-0.25, -0.2) is 4.98 Å². The molecule has 1 fully saturated rings. The maximum absolute atomic E-state index is 13.3. The number of benzene rings is 1. The number of hydrogen-bond donors (Lipinski definition) is 0. The Hall–Kier alpha value is -2.60. The van der Waals surface area contributed by atoms with Crippen molar-refractivity contribution in [3.63, 3.8) is 0 Å². The van der Waals surface area contributed by atoms with E-state index in [0.29, 0.717) is 30.1 Å². The molecule has 2 aromatic heterocycles. The molecular weight excluding hydrogens is 376 g/mol. The second kappa shape index (κ2) is 7.43. The first kappa shape index (κ1) is 18.7. The van der Waals surface area contributed by atoms with Gasteiger partial charge in [-0.05, 0) is 43.2 Å². The summed E-state index contributed by atoms with van der Waals surface area (Å²) < 4.78 is 5.35. The maximum atomic E-state index is 13.3. The molecule has 1 aromatic carbocycles. The Morgan fingerprint density at radius 1 is 1.14 bits per heavy atom. The molecule has 7 heteroatoms. The monoisotopic (exact) mass is 398 g/mol. The lowest BCUT2D eigenvalue weighted by molar-refractivity contribution is 0.0748. The number of halogens is 1. The number of amides is 1. The van der Waals surface area contributed by atoms with E-state index in [0.717, 1.165) is 34.9 Å². The molecule has 0 spiro atoms. The van der Waals surface area contributed by atoms with E-state index in [1.807, 2.05) is 42.2 Å². The van der Waals surface area contributed by atoms with Gasteiger partial charge in [0.1, 0.15) is 0 Å². The first-order valence-electron chi connectivity index (χ1n) is 9.50. The zero-order valence-electron chi connectivity index (χ0n) is 16.3. The molecule has 0 N–H and O–H groups in total. The van der Waals surface area contributed by atoms with Crippen molar-refractivity contribution < 1.29 is 9.32 Å². The lowest BCUT2D eigenvalue weighted by Crippen LogP contribution is -2.48. The third-order valence-electron chi connectivity index (χ3n) is 5.22. The van der Waals surface area contributed by atoms with Crippen molar-refractivity contribution in [2.24, 2.45) is 0 Å². The largest absolute Gasteiger partial charge is 0.368 e. The van der Waals surface area contributed by atoms with Crippen LogP contribution in [-0.4, -0.2) is 47.1 Å². The normalized spacial score (nSPS) is 14.9. The molecule has 0 saturated carbocycles. The van der Waals surface area contributed by atoms with Gasteiger partial charge in [0, 0.05) is 42.6 Å². The Labute approximate surface area is 169 Å². The molecule has 0 aliphatic carbocycles. The van der Waals surface area contributed by atoms with Crippen LogP contribution in [0.2, 0.25) is 5.02 Å². The minimum Gasteiger partial charge on any atom is -0.368 e. The minimum atomic E-state index is 0.0105. The lowest BCUT2D eigenvalue weighted by Gasteiger charge is -2.36. The number of fused-ring (bicyclic) bond motifs is 1. The molecule has 1 saturated heterocycles. The molecular formula is C21H23ClN4O2. The van der Waals surface area contributed by atoms with Crippen LogP contribution in [0.25, 0.3) is 11.1 Å². The highest BCUT2D eigenvalue weighted by Crippen LogP contribution is 2.27. The minimum absolute atomic E-state index is 0.0105. The molecule has 28 heavy (non-hydrogen) atoms. The third-order valence-corrected chi connectivity index (χ3v) is 5.47. The molecule has 3 aromatic rings. The molecule has 0 atom stereocenters. The summed E-state index contributed by atoms with van der Waals surface area (Å²) in [5.74, 6) is 0.208. The van der Waals surface area contributed by atoms with Gasteiger partial charge in [0.2, 0.25) is 0 Å². The van der Waals surface area contributed by atoms with Crippen LogP contribution in [0.15, 0.2) is 34.9 Å². The molecule has 146 valence electrons. The number of anilines is 1. The first-order valence-corrected chi connectivity index (χ1v) is 9.88. The smallest absolute Gasteiger partial charge is 0.259 e. The number of hydrogen-bond acceptors (Lipinski definition) is 5. The summed E-state index contributed by atoms with van der Waals surface area (Å²) in [7, 11) is 0. The Bertz CT molecular complexity index is 1010. The second-order valence-electron chi connectivity index (χ2n) is 7.45. The van der Waals surface area contributed by atoms with Crippen molar-refractivity contribution in [2.45, 2.75) is 26.7 Å². The maximum Gasteiger partial charge on any atom is 0.259 e. The van der Waals surface area contributed by atoms with Gasteiger partial charge in [0.25, 0.3) is 11.6 Å². The zero-order valence-corrected chi connectivity index (χ0v) is 17.0. The van der Waals surface area contributed by atoms with Gasteiger partial charge >= 0.3 is 0 Å². The Morgan fingerprint density at radius 3 is 2.46 bits per heavy atom. The quantitative estimate of drug-likeness (QED) is 0.659. The number of carbonyl (C=O) groups excluding carboxylic acids is 1. The Kier molecular flexibility index (Phi) is 4.98. The molecule has 0 radical (unpaired) electrons. The van der Waals surface area contributed by atoms with Crippen LogP contribution in [-0.2, 0) is 0 Å². The van der Waals surface area contributed by atoms with Crippen LogP contribution in [0.3, 0.4) is 0 Å².